The van der Waals surface area contributed by atoms with Crippen LogP contribution >= 0.6 is 11.6 Å². The maximum atomic E-state index is 12.1. The third kappa shape index (κ3) is 5.56. The summed E-state index contributed by atoms with van der Waals surface area (Å²) in [6.07, 6.45) is 3.59. The number of alkyl halides is 2. The molecule has 0 aliphatic rings. The van der Waals surface area contributed by atoms with Crippen molar-refractivity contribution < 1.29 is 18.3 Å². The van der Waals surface area contributed by atoms with E-state index >= 15 is 0 Å². The molecule has 0 atom stereocenters. The highest BCUT2D eigenvalue weighted by atomic mass is 35.5. The largest absolute Gasteiger partial charge is 0.435 e. The summed E-state index contributed by atoms with van der Waals surface area (Å²) in [5, 5.41) is 7.37. The van der Waals surface area contributed by atoms with Gasteiger partial charge in [-0.3, -0.25) is 9.48 Å². The Morgan fingerprint density at radius 2 is 2.08 bits per heavy atom. The lowest BCUT2D eigenvalue weighted by atomic mass is 10.1. The number of carbonyl (C=O) groups excluding carboxylic acids is 1. The van der Waals surface area contributed by atoms with Crippen molar-refractivity contribution in [3.63, 3.8) is 0 Å². The van der Waals surface area contributed by atoms with Gasteiger partial charge in [0.15, 0.2) is 0 Å². The van der Waals surface area contributed by atoms with Crippen molar-refractivity contribution in [3.05, 3.63) is 52.3 Å². The number of hydrogen-bond acceptors (Lipinski definition) is 3. The Balaban J connectivity index is 1.81. The number of nitrogens with one attached hydrogen (secondary N) is 1. The van der Waals surface area contributed by atoms with E-state index < -0.39 is 6.61 Å². The molecule has 5 nitrogen and oxygen atoms in total. The third-order valence-electron chi connectivity index (χ3n) is 3.46. The average Bonchev–Trinajstić information content (AvgIpc) is 2.79. The van der Waals surface area contributed by atoms with Gasteiger partial charge in [-0.1, -0.05) is 23.7 Å². The summed E-state index contributed by atoms with van der Waals surface area (Å²) in [5.41, 5.74) is 2.34. The lowest BCUT2D eigenvalue weighted by Crippen LogP contribution is -2.23. The molecule has 1 N–H and O–H groups in total. The van der Waals surface area contributed by atoms with Crippen LogP contribution in [0.1, 0.15) is 16.8 Å². The van der Waals surface area contributed by atoms with Crippen LogP contribution in [-0.2, 0) is 18.3 Å². The minimum atomic E-state index is -2.84. The second-order valence-electron chi connectivity index (χ2n) is 5.31. The molecule has 134 valence electrons. The number of nitrogens with zero attached hydrogens (tertiary/aromatic N) is 2. The molecule has 8 heteroatoms. The van der Waals surface area contributed by atoms with E-state index in [0.717, 1.165) is 11.3 Å². The second kappa shape index (κ2) is 8.62. The van der Waals surface area contributed by atoms with Crippen LogP contribution in [-0.4, -0.2) is 28.8 Å². The normalized spacial score (nSPS) is 11.3. The van der Waals surface area contributed by atoms with Gasteiger partial charge in [0.1, 0.15) is 10.9 Å². The highest BCUT2D eigenvalue weighted by Gasteiger charge is 2.08. The Hall–Kier alpha value is -2.41. The Kier molecular flexibility index (Phi) is 6.52. The van der Waals surface area contributed by atoms with Gasteiger partial charge in [0, 0.05) is 25.2 Å². The van der Waals surface area contributed by atoms with Crippen molar-refractivity contribution in [2.24, 2.45) is 7.05 Å². The standard InChI is InChI=1S/C17H18ClF2N3O2/c1-11-14(16(18)23(2)22-11)7-8-15(24)21-10-9-12-3-5-13(6-4-12)25-17(19)20/h3-8,17H,9-10H2,1-2H3,(H,21,24)/b8-7+. The molecule has 2 rings (SSSR count). The second-order valence-corrected chi connectivity index (χ2v) is 5.67. The molecule has 0 saturated heterocycles. The summed E-state index contributed by atoms with van der Waals surface area (Å²) in [6.45, 7) is -0.614. The predicted molar refractivity (Wildman–Crippen MR) is 91.8 cm³/mol. The Morgan fingerprint density at radius 3 is 2.64 bits per heavy atom. The molecule has 1 aromatic heterocycles. The van der Waals surface area contributed by atoms with Gasteiger partial charge < -0.3 is 10.1 Å². The minimum Gasteiger partial charge on any atom is -0.435 e. The summed E-state index contributed by atoms with van der Waals surface area (Å²) in [6, 6.07) is 6.30. The first-order chi connectivity index (χ1) is 11.9. The monoisotopic (exact) mass is 369 g/mol. The fraction of sp³-hybridized carbons (Fsp3) is 0.294. The number of rotatable bonds is 7. The number of halogens is 3. The zero-order valence-electron chi connectivity index (χ0n) is 13.8. The Morgan fingerprint density at radius 1 is 1.40 bits per heavy atom. The summed E-state index contributed by atoms with van der Waals surface area (Å²) < 4.78 is 30.0. The molecule has 0 saturated carbocycles. The van der Waals surface area contributed by atoms with Crippen LogP contribution in [0.3, 0.4) is 0 Å². The van der Waals surface area contributed by atoms with Crippen LogP contribution in [0.15, 0.2) is 30.3 Å². The van der Waals surface area contributed by atoms with Crippen LogP contribution < -0.4 is 10.1 Å². The molecule has 25 heavy (non-hydrogen) atoms. The van der Waals surface area contributed by atoms with Gasteiger partial charge in [0.25, 0.3) is 0 Å². The van der Waals surface area contributed by atoms with Gasteiger partial charge in [-0.05, 0) is 37.1 Å². The van der Waals surface area contributed by atoms with Gasteiger partial charge in [-0.25, -0.2) is 0 Å². The van der Waals surface area contributed by atoms with Crippen molar-refractivity contribution >= 4 is 23.6 Å². The van der Waals surface area contributed by atoms with E-state index in [1.165, 1.54) is 22.9 Å². The third-order valence-corrected chi connectivity index (χ3v) is 3.91. The van der Waals surface area contributed by atoms with E-state index in [1.54, 1.807) is 25.3 Å². The van der Waals surface area contributed by atoms with E-state index in [-0.39, 0.29) is 11.7 Å². The summed E-state index contributed by atoms with van der Waals surface area (Å²) >= 11 is 6.09. The van der Waals surface area contributed by atoms with Crippen molar-refractivity contribution in [1.82, 2.24) is 15.1 Å². The van der Waals surface area contributed by atoms with Crippen molar-refractivity contribution in [2.75, 3.05) is 6.54 Å². The molecule has 0 unspecified atom stereocenters. The van der Waals surface area contributed by atoms with E-state index in [0.29, 0.717) is 23.7 Å². The molecule has 0 radical (unpaired) electrons. The summed E-state index contributed by atoms with van der Waals surface area (Å²) in [5.74, 6) is -0.147. The maximum Gasteiger partial charge on any atom is 0.387 e. The molecule has 0 aliphatic carbocycles. The molecule has 0 fully saturated rings. The number of hydrogen-bond donors (Lipinski definition) is 1. The average molecular weight is 370 g/mol. The molecule has 1 aromatic carbocycles. The van der Waals surface area contributed by atoms with Crippen LogP contribution in [0.25, 0.3) is 6.08 Å². The van der Waals surface area contributed by atoms with Crippen LogP contribution in [0.5, 0.6) is 5.75 Å². The lowest BCUT2D eigenvalue weighted by molar-refractivity contribution is -0.116. The topological polar surface area (TPSA) is 56.2 Å². The smallest absolute Gasteiger partial charge is 0.387 e. The Bertz CT molecular complexity index is 758. The van der Waals surface area contributed by atoms with Crippen LogP contribution in [0, 0.1) is 6.92 Å². The first-order valence-corrected chi connectivity index (χ1v) is 7.93. The van der Waals surface area contributed by atoms with Gasteiger partial charge >= 0.3 is 6.61 Å². The number of aromatic nitrogens is 2. The summed E-state index contributed by atoms with van der Waals surface area (Å²) in [7, 11) is 1.73. The molecule has 1 heterocycles. The van der Waals surface area contributed by atoms with Gasteiger partial charge in [0.05, 0.1) is 5.69 Å². The van der Waals surface area contributed by atoms with Crippen LogP contribution in [0.4, 0.5) is 8.78 Å². The van der Waals surface area contributed by atoms with E-state index in [4.69, 9.17) is 11.6 Å². The van der Waals surface area contributed by atoms with Crippen molar-refractivity contribution in [3.8, 4) is 5.75 Å². The molecule has 0 spiro atoms. The van der Waals surface area contributed by atoms with E-state index in [2.05, 4.69) is 15.2 Å². The zero-order chi connectivity index (χ0) is 18.4. The van der Waals surface area contributed by atoms with Gasteiger partial charge in [-0.2, -0.15) is 13.9 Å². The molecule has 2 aromatic rings. The van der Waals surface area contributed by atoms with Gasteiger partial charge in [-0.15, -0.1) is 0 Å². The fourth-order valence-electron chi connectivity index (χ4n) is 2.22. The number of benzene rings is 1. The molecule has 0 aliphatic heterocycles. The number of ether oxygens (including phenoxy) is 1. The van der Waals surface area contributed by atoms with Crippen molar-refractivity contribution in [2.45, 2.75) is 20.0 Å². The fourth-order valence-corrected chi connectivity index (χ4v) is 2.46. The predicted octanol–water partition coefficient (Wildman–Crippen LogP) is 3.36. The molecule has 0 bridgehead atoms. The van der Waals surface area contributed by atoms with Crippen LogP contribution in [0.2, 0.25) is 5.15 Å². The first-order valence-electron chi connectivity index (χ1n) is 7.55. The number of carbonyl (C=O) groups is 1. The van der Waals surface area contributed by atoms with E-state index in [1.807, 2.05) is 6.92 Å². The maximum absolute atomic E-state index is 12.1. The van der Waals surface area contributed by atoms with E-state index in [9.17, 15) is 13.6 Å². The zero-order valence-corrected chi connectivity index (χ0v) is 14.6. The molecular weight excluding hydrogens is 352 g/mol. The highest BCUT2D eigenvalue weighted by molar-refractivity contribution is 6.31. The summed E-state index contributed by atoms with van der Waals surface area (Å²) in [4.78, 5) is 11.8. The highest BCUT2D eigenvalue weighted by Crippen LogP contribution is 2.19. The lowest BCUT2D eigenvalue weighted by Gasteiger charge is -2.06. The number of amides is 1. The molecule has 1 amide bonds. The first kappa shape index (κ1) is 18.9. The SMILES string of the molecule is Cc1nn(C)c(Cl)c1/C=C/C(=O)NCCc1ccc(OC(F)F)cc1. The quantitative estimate of drug-likeness (QED) is 0.761. The molecular formula is C17H18ClF2N3O2. The van der Waals surface area contributed by atoms with Gasteiger partial charge in [0.2, 0.25) is 5.91 Å². The van der Waals surface area contributed by atoms with Crippen molar-refractivity contribution in [1.29, 1.82) is 0 Å². The minimum absolute atomic E-state index is 0.106. The Labute approximate surface area is 149 Å². The number of aryl methyl sites for hydroxylation is 2.